The molecule has 318 valence electrons. The maximum absolute atomic E-state index is 14.9. The molecule has 15 nitrogen and oxygen atoms in total. The zero-order valence-electron chi connectivity index (χ0n) is 33.8. The first-order chi connectivity index (χ1) is 28.3. The molecule has 6 aliphatic rings. The lowest BCUT2D eigenvalue weighted by Crippen LogP contribution is -2.69. The molecule has 2 aromatic carbocycles. The Morgan fingerprint density at radius 2 is 1.73 bits per heavy atom. The second-order valence-corrected chi connectivity index (χ2v) is 17.7. The number of amides is 2. The molecule has 3 aliphatic carbocycles. The zero-order chi connectivity index (χ0) is 41.5. The number of ether oxygens (including phenoxy) is 5. The molecule has 59 heavy (non-hydrogen) atoms. The minimum absolute atomic E-state index is 0.0293. The van der Waals surface area contributed by atoms with E-state index in [0.717, 1.165) is 36.8 Å². The van der Waals surface area contributed by atoms with E-state index in [4.69, 9.17) is 33.6 Å². The van der Waals surface area contributed by atoms with Crippen LogP contribution in [0.15, 0.2) is 54.8 Å². The van der Waals surface area contributed by atoms with Gasteiger partial charge in [0.1, 0.15) is 42.0 Å². The lowest BCUT2D eigenvalue weighted by molar-refractivity contribution is -0.235. The number of hydrogen-bond donors (Lipinski definition) is 4. The van der Waals surface area contributed by atoms with Crippen molar-refractivity contribution >= 4 is 29.8 Å². The number of fused-ring (bicyclic) bond motifs is 4. The molecule has 0 unspecified atom stereocenters. The van der Waals surface area contributed by atoms with Crippen LogP contribution in [0.3, 0.4) is 0 Å². The first-order valence-corrected chi connectivity index (χ1v) is 20.8. The Hall–Kier alpha value is -4.38. The maximum Gasteiger partial charge on any atom is 0.327 e. The van der Waals surface area contributed by atoms with Gasteiger partial charge in [0, 0.05) is 36.8 Å². The van der Waals surface area contributed by atoms with E-state index in [1.807, 2.05) is 24.3 Å². The molecule has 2 amide bonds. The van der Waals surface area contributed by atoms with Crippen molar-refractivity contribution in [3.63, 3.8) is 0 Å². The lowest BCUT2D eigenvalue weighted by atomic mass is 9.62. The number of benzene rings is 2. The number of esters is 2. The topological polar surface area (TPSA) is 191 Å². The standard InChI is InChI=1S/C44H55N3O12/c1-42(2,3)56-34(50)16-15-32(25-49)46-39(51)29-6-4-5-28(21-29)23-45-41(53)43-22-33-35-36(58-44(57-35,30-11-12-30)31-13-14-31)38(43)59-47(37(43)40(52)55-33)24-27-9-7-26(8-10-27)17-19-54-20-18-48/h4-10,17,19,21,30-33,35-38,48-49H,11-16,18,20,22-25H2,1-3H3,(H,45,53)(H,46,51)/t32-,33+,35-,36-,37-,38+,43-/m0/s1. The van der Waals surface area contributed by atoms with Gasteiger partial charge in [-0.25, -0.2) is 0 Å². The molecule has 3 saturated carbocycles. The summed E-state index contributed by atoms with van der Waals surface area (Å²) in [5, 5.41) is 26.4. The SMILES string of the molecule is CC(C)(C)OC(=O)CC[C@@H](CO)NC(=O)c1cccc(CNC(=O)[C@@]23C[C@H]4OC(=O)[C@@H]2N(Cc2ccc(C=COCCO)cc2)O[C@@H]3[C@H]2OC(C3CC3)(C3CC3)O[C@H]24)c1. The molecule has 2 aromatic rings. The van der Waals surface area contributed by atoms with E-state index in [-0.39, 0.29) is 69.9 Å². The summed E-state index contributed by atoms with van der Waals surface area (Å²) < 4.78 is 30.6. The normalized spacial score (nSPS) is 28.8. The average Bonchev–Trinajstić information content (AvgIpc) is 4.16. The molecule has 3 aliphatic heterocycles. The van der Waals surface area contributed by atoms with Crippen LogP contribution in [0.25, 0.3) is 6.08 Å². The molecular formula is C44H55N3O12. The number of hydroxylamine groups is 2. The van der Waals surface area contributed by atoms with Crippen LogP contribution in [0, 0.1) is 17.3 Å². The highest BCUT2D eigenvalue weighted by atomic mass is 16.8. The Kier molecular flexibility index (Phi) is 11.6. The first-order valence-electron chi connectivity index (χ1n) is 20.8. The van der Waals surface area contributed by atoms with Gasteiger partial charge in [-0.05, 0) is 87.8 Å². The Morgan fingerprint density at radius 1 is 1.00 bits per heavy atom. The third kappa shape index (κ3) is 8.50. The fourth-order valence-electron chi connectivity index (χ4n) is 9.16. The predicted molar refractivity (Wildman–Crippen MR) is 209 cm³/mol. The van der Waals surface area contributed by atoms with Gasteiger partial charge in [0.2, 0.25) is 5.91 Å². The largest absolute Gasteiger partial charge is 0.499 e. The van der Waals surface area contributed by atoms with Crippen molar-refractivity contribution < 1.29 is 57.9 Å². The van der Waals surface area contributed by atoms with Crippen LogP contribution in [0.2, 0.25) is 0 Å². The smallest absolute Gasteiger partial charge is 0.327 e. The third-order valence-corrected chi connectivity index (χ3v) is 12.1. The van der Waals surface area contributed by atoms with E-state index in [9.17, 15) is 24.3 Å². The molecule has 7 atom stereocenters. The maximum atomic E-state index is 14.9. The summed E-state index contributed by atoms with van der Waals surface area (Å²) in [7, 11) is 0. The van der Waals surface area contributed by atoms with Gasteiger partial charge >= 0.3 is 11.9 Å². The van der Waals surface area contributed by atoms with E-state index in [0.29, 0.717) is 11.1 Å². The van der Waals surface area contributed by atoms with Gasteiger partial charge in [-0.1, -0.05) is 36.4 Å². The van der Waals surface area contributed by atoms with Crippen LogP contribution in [-0.4, -0.2) is 107 Å². The highest BCUT2D eigenvalue weighted by Crippen LogP contribution is 2.63. The third-order valence-electron chi connectivity index (χ3n) is 12.1. The van der Waals surface area contributed by atoms with E-state index < -0.39 is 71.1 Å². The molecular weight excluding hydrogens is 762 g/mol. The van der Waals surface area contributed by atoms with Gasteiger partial charge in [-0.15, -0.1) is 0 Å². The summed E-state index contributed by atoms with van der Waals surface area (Å²) in [5.74, 6) is -2.08. The van der Waals surface area contributed by atoms with Crippen molar-refractivity contribution in [3.05, 3.63) is 77.0 Å². The summed E-state index contributed by atoms with van der Waals surface area (Å²) >= 11 is 0. The van der Waals surface area contributed by atoms with Gasteiger partial charge in [-0.3, -0.25) is 24.0 Å². The van der Waals surface area contributed by atoms with Gasteiger partial charge in [0.15, 0.2) is 11.8 Å². The van der Waals surface area contributed by atoms with Crippen LogP contribution >= 0.6 is 0 Å². The van der Waals surface area contributed by atoms with Crippen molar-refractivity contribution in [2.24, 2.45) is 17.3 Å². The number of hydrogen-bond acceptors (Lipinski definition) is 13. The summed E-state index contributed by atoms with van der Waals surface area (Å²) in [4.78, 5) is 61.3. The average molecular weight is 818 g/mol. The number of aliphatic hydroxyl groups excluding tert-OH is 2. The van der Waals surface area contributed by atoms with E-state index in [1.165, 1.54) is 6.26 Å². The minimum Gasteiger partial charge on any atom is -0.499 e. The van der Waals surface area contributed by atoms with Gasteiger partial charge in [0.25, 0.3) is 5.91 Å². The van der Waals surface area contributed by atoms with Crippen molar-refractivity contribution in [1.29, 1.82) is 0 Å². The molecule has 4 N–H and O–H groups in total. The lowest BCUT2D eigenvalue weighted by Gasteiger charge is -2.48. The number of aliphatic hydroxyl groups is 2. The first kappa shape index (κ1) is 41.4. The second-order valence-electron chi connectivity index (χ2n) is 17.7. The van der Waals surface area contributed by atoms with Crippen LogP contribution in [0.4, 0.5) is 0 Å². The molecule has 0 spiro atoms. The zero-order valence-corrected chi connectivity index (χ0v) is 33.8. The predicted octanol–water partition coefficient (Wildman–Crippen LogP) is 3.30. The number of nitrogens with zero attached hydrogens (tertiary/aromatic N) is 1. The second kappa shape index (κ2) is 16.6. The molecule has 15 heteroatoms. The molecule has 3 saturated heterocycles. The molecule has 2 bridgehead atoms. The fourth-order valence-corrected chi connectivity index (χ4v) is 9.16. The Bertz CT molecular complexity index is 1910. The number of rotatable bonds is 17. The summed E-state index contributed by atoms with van der Waals surface area (Å²) in [5.41, 5.74) is 0.673. The molecule has 8 rings (SSSR count). The van der Waals surface area contributed by atoms with Gasteiger partial charge in [0.05, 0.1) is 32.1 Å². The van der Waals surface area contributed by atoms with Crippen LogP contribution in [-0.2, 0) is 56.0 Å². The van der Waals surface area contributed by atoms with Crippen molar-refractivity contribution in [2.75, 3.05) is 19.8 Å². The van der Waals surface area contributed by atoms with Crippen molar-refractivity contribution in [2.45, 2.75) is 127 Å². The minimum atomic E-state index is -1.36. The van der Waals surface area contributed by atoms with E-state index in [2.05, 4.69) is 10.6 Å². The van der Waals surface area contributed by atoms with E-state index >= 15 is 0 Å². The Balaban J connectivity index is 0.999. The summed E-state index contributed by atoms with van der Waals surface area (Å²) in [6.45, 7) is 5.33. The highest BCUT2D eigenvalue weighted by molar-refractivity contribution is 5.95. The molecule has 0 radical (unpaired) electrons. The van der Waals surface area contributed by atoms with E-state index in [1.54, 1.807) is 56.2 Å². The highest BCUT2D eigenvalue weighted by Gasteiger charge is 2.78. The van der Waals surface area contributed by atoms with Crippen molar-refractivity contribution in [1.82, 2.24) is 15.7 Å². The van der Waals surface area contributed by atoms with Gasteiger partial charge < -0.3 is 44.5 Å². The Morgan fingerprint density at radius 3 is 2.41 bits per heavy atom. The quantitative estimate of drug-likeness (QED) is 0.103. The number of carbonyl (C=O) groups excluding carboxylic acids is 4. The Labute approximate surface area is 343 Å². The number of carbonyl (C=O) groups is 4. The fraction of sp³-hybridized carbons (Fsp3) is 0.591. The van der Waals surface area contributed by atoms with Gasteiger partial charge in [-0.2, -0.15) is 5.06 Å². The van der Waals surface area contributed by atoms with Crippen LogP contribution < -0.4 is 10.6 Å². The number of nitrogens with one attached hydrogen (secondary N) is 2. The molecule has 0 aromatic heterocycles. The van der Waals surface area contributed by atoms with Crippen LogP contribution in [0.5, 0.6) is 0 Å². The summed E-state index contributed by atoms with van der Waals surface area (Å²) in [6, 6.07) is 12.7. The molecule has 3 heterocycles. The monoisotopic (exact) mass is 817 g/mol. The molecule has 6 fully saturated rings. The van der Waals surface area contributed by atoms with Crippen molar-refractivity contribution in [3.8, 4) is 0 Å². The summed E-state index contributed by atoms with van der Waals surface area (Å²) in [6.07, 6.45) is 4.95. The van der Waals surface area contributed by atoms with Crippen LogP contribution in [0.1, 0.15) is 92.8 Å².